The summed E-state index contributed by atoms with van der Waals surface area (Å²) in [5.41, 5.74) is 3.05. The molecule has 0 radical (unpaired) electrons. The van der Waals surface area contributed by atoms with Crippen molar-refractivity contribution in [2.24, 2.45) is 23.2 Å². The van der Waals surface area contributed by atoms with Crippen LogP contribution in [0.5, 0.6) is 0 Å². The molecular formula is C20H32. The van der Waals surface area contributed by atoms with Gasteiger partial charge in [0, 0.05) is 0 Å². The van der Waals surface area contributed by atoms with Crippen molar-refractivity contribution in [3.63, 3.8) is 0 Å². The monoisotopic (exact) mass is 272 g/mol. The quantitative estimate of drug-likeness (QED) is 0.405. The maximum absolute atomic E-state index is 4.22. The Bertz CT molecular complexity index is 408. The fourth-order valence-corrected chi connectivity index (χ4v) is 3.32. The Labute approximate surface area is 126 Å². The summed E-state index contributed by atoms with van der Waals surface area (Å²) in [5.74, 6) is 1.88. The summed E-state index contributed by atoms with van der Waals surface area (Å²) in [4.78, 5) is 0. The average molecular weight is 272 g/mol. The minimum Gasteiger partial charge on any atom is -0.103 e. The van der Waals surface area contributed by atoms with E-state index in [0.717, 1.165) is 0 Å². The van der Waals surface area contributed by atoms with Crippen LogP contribution in [-0.2, 0) is 0 Å². The van der Waals surface area contributed by atoms with Crippen molar-refractivity contribution in [1.82, 2.24) is 0 Å². The molecule has 0 aromatic heterocycles. The summed E-state index contributed by atoms with van der Waals surface area (Å²) >= 11 is 0. The van der Waals surface area contributed by atoms with Gasteiger partial charge in [-0.05, 0) is 56.3 Å². The second-order valence-electron chi connectivity index (χ2n) is 7.12. The van der Waals surface area contributed by atoms with Crippen molar-refractivity contribution < 1.29 is 0 Å². The minimum absolute atomic E-state index is 0.233. The number of allylic oxidation sites excluding steroid dienone is 6. The van der Waals surface area contributed by atoms with E-state index in [4.69, 9.17) is 0 Å². The van der Waals surface area contributed by atoms with Crippen LogP contribution in [0.2, 0.25) is 0 Å². The Hall–Kier alpha value is -1.04. The standard InChI is InChI=1S/C20H32/c1-8-20(7)13-12-18(14-19(20)16(4)5)17(6)11-9-10-15(2)3/h8-11,15,18-19H,1,4,12-14H2,2-3,5-7H3/b10-9+,17-11+/t18-,19+,20-/m0/s1. The van der Waals surface area contributed by atoms with E-state index in [1.165, 1.54) is 30.4 Å². The molecule has 0 heteroatoms. The Morgan fingerprint density at radius 3 is 2.45 bits per heavy atom. The van der Waals surface area contributed by atoms with Gasteiger partial charge in [-0.15, -0.1) is 6.58 Å². The number of hydrogen-bond donors (Lipinski definition) is 0. The smallest absolute Gasteiger partial charge is 0.00836 e. The summed E-state index contributed by atoms with van der Waals surface area (Å²) < 4.78 is 0. The van der Waals surface area contributed by atoms with Gasteiger partial charge in [0.2, 0.25) is 0 Å². The van der Waals surface area contributed by atoms with Crippen LogP contribution < -0.4 is 0 Å². The van der Waals surface area contributed by atoms with E-state index in [9.17, 15) is 0 Å². The highest BCUT2D eigenvalue weighted by Gasteiger charge is 2.38. The molecule has 0 nitrogen and oxygen atoms in total. The largest absolute Gasteiger partial charge is 0.103 e. The predicted molar refractivity (Wildman–Crippen MR) is 91.7 cm³/mol. The van der Waals surface area contributed by atoms with E-state index in [1.54, 1.807) is 0 Å². The maximum atomic E-state index is 4.22. The lowest BCUT2D eigenvalue weighted by molar-refractivity contribution is 0.169. The Morgan fingerprint density at radius 1 is 1.30 bits per heavy atom. The molecule has 0 aromatic rings. The molecule has 1 fully saturated rings. The SMILES string of the molecule is C=C[C@@]1(C)CC[C@H](/C(C)=C/C=C/C(C)C)C[C@@H]1C(=C)C. The zero-order chi connectivity index (χ0) is 15.3. The van der Waals surface area contributed by atoms with Crippen LogP contribution in [-0.4, -0.2) is 0 Å². The predicted octanol–water partition coefficient (Wildman–Crippen LogP) is 6.33. The zero-order valence-electron chi connectivity index (χ0n) is 14.1. The number of rotatable bonds is 5. The molecular weight excluding hydrogens is 240 g/mol. The summed E-state index contributed by atoms with van der Waals surface area (Å²) in [7, 11) is 0. The Kier molecular flexibility index (Phi) is 6.05. The van der Waals surface area contributed by atoms with Crippen molar-refractivity contribution in [2.45, 2.75) is 53.9 Å². The molecule has 0 saturated heterocycles. The molecule has 0 spiro atoms. The minimum atomic E-state index is 0.233. The zero-order valence-corrected chi connectivity index (χ0v) is 14.1. The highest BCUT2D eigenvalue weighted by molar-refractivity contribution is 5.19. The molecule has 20 heavy (non-hydrogen) atoms. The lowest BCUT2D eigenvalue weighted by atomic mass is 9.61. The van der Waals surface area contributed by atoms with Crippen molar-refractivity contribution in [2.75, 3.05) is 0 Å². The Balaban J connectivity index is 2.81. The molecule has 0 heterocycles. The molecule has 0 unspecified atom stereocenters. The second kappa shape index (κ2) is 7.11. The molecule has 1 aliphatic carbocycles. The molecule has 0 aliphatic heterocycles. The first-order valence-corrected chi connectivity index (χ1v) is 7.94. The summed E-state index contributed by atoms with van der Waals surface area (Å²) in [5, 5.41) is 0. The van der Waals surface area contributed by atoms with Crippen molar-refractivity contribution in [1.29, 1.82) is 0 Å². The summed E-state index contributed by atoms with van der Waals surface area (Å²) in [6, 6.07) is 0. The third-order valence-electron chi connectivity index (χ3n) is 4.91. The molecule has 0 aromatic carbocycles. The summed E-state index contributed by atoms with van der Waals surface area (Å²) in [6.45, 7) is 19.5. The van der Waals surface area contributed by atoms with E-state index < -0.39 is 0 Å². The van der Waals surface area contributed by atoms with Gasteiger partial charge in [0.15, 0.2) is 0 Å². The van der Waals surface area contributed by atoms with Crippen LogP contribution in [0.1, 0.15) is 53.9 Å². The molecule has 112 valence electrons. The van der Waals surface area contributed by atoms with Gasteiger partial charge in [-0.2, -0.15) is 0 Å². The fourth-order valence-electron chi connectivity index (χ4n) is 3.32. The molecule has 0 N–H and O–H groups in total. The van der Waals surface area contributed by atoms with Gasteiger partial charge in [0.05, 0.1) is 0 Å². The van der Waals surface area contributed by atoms with Crippen LogP contribution in [0.4, 0.5) is 0 Å². The van der Waals surface area contributed by atoms with E-state index in [0.29, 0.717) is 17.8 Å². The molecule has 3 atom stereocenters. The highest BCUT2D eigenvalue weighted by atomic mass is 14.4. The topological polar surface area (TPSA) is 0 Å². The third-order valence-corrected chi connectivity index (χ3v) is 4.91. The van der Waals surface area contributed by atoms with E-state index >= 15 is 0 Å². The van der Waals surface area contributed by atoms with Gasteiger partial charge in [-0.1, -0.05) is 62.8 Å². The first-order chi connectivity index (χ1) is 9.30. The molecule has 1 rings (SSSR count). The van der Waals surface area contributed by atoms with Crippen molar-refractivity contribution >= 4 is 0 Å². The first-order valence-electron chi connectivity index (χ1n) is 7.94. The van der Waals surface area contributed by atoms with Gasteiger partial charge in [-0.25, -0.2) is 0 Å². The molecule has 0 bridgehead atoms. The van der Waals surface area contributed by atoms with Gasteiger partial charge in [0.1, 0.15) is 0 Å². The maximum Gasteiger partial charge on any atom is -0.00836 e. The lowest BCUT2D eigenvalue weighted by Crippen LogP contribution is -2.33. The average Bonchev–Trinajstić information content (AvgIpc) is 2.38. The van der Waals surface area contributed by atoms with Crippen molar-refractivity contribution in [3.05, 3.63) is 48.6 Å². The molecule has 1 aliphatic rings. The normalized spacial score (nSPS) is 31.8. The fraction of sp³-hybridized carbons (Fsp3) is 0.600. The van der Waals surface area contributed by atoms with Crippen molar-refractivity contribution in [3.8, 4) is 0 Å². The van der Waals surface area contributed by atoms with Gasteiger partial charge >= 0.3 is 0 Å². The van der Waals surface area contributed by atoms with E-state index in [-0.39, 0.29) is 5.41 Å². The van der Waals surface area contributed by atoms with Gasteiger partial charge in [-0.3, -0.25) is 0 Å². The van der Waals surface area contributed by atoms with Crippen LogP contribution in [0, 0.1) is 23.2 Å². The first kappa shape index (κ1) is 17.0. The van der Waals surface area contributed by atoms with Crippen LogP contribution in [0.25, 0.3) is 0 Å². The Morgan fingerprint density at radius 2 is 1.95 bits per heavy atom. The van der Waals surface area contributed by atoms with Gasteiger partial charge < -0.3 is 0 Å². The number of hydrogen-bond acceptors (Lipinski definition) is 0. The van der Waals surface area contributed by atoms with E-state index in [1.807, 2.05) is 0 Å². The second-order valence-corrected chi connectivity index (χ2v) is 7.12. The third kappa shape index (κ3) is 4.23. The van der Waals surface area contributed by atoms with Crippen LogP contribution in [0.15, 0.2) is 48.6 Å². The van der Waals surface area contributed by atoms with Crippen LogP contribution >= 0.6 is 0 Å². The summed E-state index contributed by atoms with van der Waals surface area (Å²) in [6.07, 6.45) is 12.6. The molecule has 1 saturated carbocycles. The van der Waals surface area contributed by atoms with Gasteiger partial charge in [0.25, 0.3) is 0 Å². The van der Waals surface area contributed by atoms with Crippen LogP contribution in [0.3, 0.4) is 0 Å². The highest BCUT2D eigenvalue weighted by Crippen LogP contribution is 2.48. The lowest BCUT2D eigenvalue weighted by Gasteiger charge is -2.43. The molecule has 0 amide bonds. The van der Waals surface area contributed by atoms with E-state index in [2.05, 4.69) is 72.1 Å².